The topological polar surface area (TPSA) is 60.9 Å². The largest absolute Gasteiger partial charge is 0.480 e. The molecule has 2 atom stereocenters. The van der Waals surface area contributed by atoms with Crippen molar-refractivity contribution < 1.29 is 14.7 Å². The van der Waals surface area contributed by atoms with Crippen molar-refractivity contribution in [2.75, 3.05) is 20.1 Å². The summed E-state index contributed by atoms with van der Waals surface area (Å²) < 4.78 is 0. The zero-order chi connectivity index (χ0) is 17.7. The highest BCUT2D eigenvalue weighted by molar-refractivity contribution is 5.86. The molecule has 0 bridgehead atoms. The van der Waals surface area contributed by atoms with Crippen molar-refractivity contribution in [3.05, 3.63) is 35.9 Å². The molecule has 0 saturated carbocycles. The second-order valence-corrected chi connectivity index (χ2v) is 6.81. The number of rotatable bonds is 6. The van der Waals surface area contributed by atoms with Gasteiger partial charge in [-0.2, -0.15) is 0 Å². The van der Waals surface area contributed by atoms with E-state index in [2.05, 4.69) is 29.2 Å². The van der Waals surface area contributed by atoms with Crippen molar-refractivity contribution in [2.24, 2.45) is 5.92 Å². The molecule has 5 heteroatoms. The summed E-state index contributed by atoms with van der Waals surface area (Å²) in [5.74, 6) is -0.437. The maximum Gasteiger partial charge on any atom is 0.326 e. The van der Waals surface area contributed by atoms with E-state index in [-0.39, 0.29) is 11.9 Å². The minimum atomic E-state index is -0.973. The number of aliphatic carboxylic acids is 1. The Morgan fingerprint density at radius 2 is 1.79 bits per heavy atom. The molecule has 1 fully saturated rings. The monoisotopic (exact) mass is 332 g/mol. The van der Waals surface area contributed by atoms with Gasteiger partial charge in [0.25, 0.3) is 0 Å². The van der Waals surface area contributed by atoms with Crippen LogP contribution in [-0.4, -0.2) is 59.0 Å². The normalized spacial score (nSPS) is 18.8. The van der Waals surface area contributed by atoms with Crippen molar-refractivity contribution in [3.63, 3.8) is 0 Å². The van der Waals surface area contributed by atoms with Crippen molar-refractivity contribution in [3.8, 4) is 0 Å². The van der Waals surface area contributed by atoms with E-state index in [4.69, 9.17) is 5.11 Å². The van der Waals surface area contributed by atoms with Crippen LogP contribution >= 0.6 is 0 Å². The molecule has 1 aliphatic rings. The average molecular weight is 332 g/mol. The summed E-state index contributed by atoms with van der Waals surface area (Å²) in [5.41, 5.74) is 1.37. The Labute approximate surface area is 144 Å². The lowest BCUT2D eigenvalue weighted by Gasteiger charge is -2.37. The Balaban J connectivity index is 1.85. The van der Waals surface area contributed by atoms with E-state index in [1.807, 2.05) is 13.0 Å². The van der Waals surface area contributed by atoms with Crippen LogP contribution in [0.5, 0.6) is 0 Å². The van der Waals surface area contributed by atoms with E-state index in [0.29, 0.717) is 5.92 Å². The second kappa shape index (κ2) is 8.29. The fraction of sp³-hybridized carbons (Fsp3) is 0.579. The van der Waals surface area contributed by atoms with Crippen LogP contribution in [-0.2, 0) is 16.0 Å². The van der Waals surface area contributed by atoms with Crippen molar-refractivity contribution in [1.82, 2.24) is 9.80 Å². The number of nitrogens with zero attached hydrogens (tertiary/aromatic N) is 2. The van der Waals surface area contributed by atoms with E-state index in [1.165, 1.54) is 10.5 Å². The van der Waals surface area contributed by atoms with E-state index in [0.717, 1.165) is 32.4 Å². The van der Waals surface area contributed by atoms with Gasteiger partial charge >= 0.3 is 5.97 Å². The molecule has 1 aromatic carbocycles. The van der Waals surface area contributed by atoms with Gasteiger partial charge in [0.15, 0.2) is 0 Å². The van der Waals surface area contributed by atoms with E-state index in [1.54, 1.807) is 14.0 Å². The van der Waals surface area contributed by atoms with Crippen LogP contribution < -0.4 is 0 Å². The van der Waals surface area contributed by atoms with Gasteiger partial charge in [0.1, 0.15) is 6.04 Å². The molecule has 5 nitrogen and oxygen atoms in total. The number of piperidine rings is 1. The molecular weight excluding hydrogens is 304 g/mol. The van der Waals surface area contributed by atoms with Gasteiger partial charge in [-0.25, -0.2) is 4.79 Å². The van der Waals surface area contributed by atoms with Gasteiger partial charge in [0, 0.05) is 7.05 Å². The standard InChI is InChI=1S/C19H28N2O3/c1-14(18(22)20(3)15(2)19(23)24)21-11-9-17(10-12-21)13-16-7-5-4-6-8-16/h4-8,14-15,17H,9-13H2,1-3H3,(H,23,24). The number of hydrogen-bond acceptors (Lipinski definition) is 3. The van der Waals surface area contributed by atoms with Crippen LogP contribution in [0.1, 0.15) is 32.3 Å². The molecule has 1 N–H and O–H groups in total. The lowest BCUT2D eigenvalue weighted by atomic mass is 9.89. The first-order valence-electron chi connectivity index (χ1n) is 8.67. The number of hydrogen-bond donors (Lipinski definition) is 1. The summed E-state index contributed by atoms with van der Waals surface area (Å²) in [6.45, 7) is 5.20. The van der Waals surface area contributed by atoms with Gasteiger partial charge in [-0.05, 0) is 57.7 Å². The number of carboxylic acid groups (broad SMARTS) is 1. The summed E-state index contributed by atoms with van der Waals surface area (Å²) in [4.78, 5) is 27.0. The van der Waals surface area contributed by atoms with Gasteiger partial charge in [-0.1, -0.05) is 30.3 Å². The Hall–Kier alpha value is -1.88. The Morgan fingerprint density at radius 3 is 2.33 bits per heavy atom. The molecule has 0 aromatic heterocycles. The molecule has 0 aliphatic carbocycles. The fourth-order valence-corrected chi connectivity index (χ4v) is 3.30. The molecule has 2 rings (SSSR count). The highest BCUT2D eigenvalue weighted by Crippen LogP contribution is 2.23. The maximum absolute atomic E-state index is 12.5. The lowest BCUT2D eigenvalue weighted by molar-refractivity contribution is -0.150. The first kappa shape index (κ1) is 18.5. The molecule has 2 unspecified atom stereocenters. The van der Waals surface area contributed by atoms with Gasteiger partial charge in [0.2, 0.25) is 5.91 Å². The quantitative estimate of drug-likeness (QED) is 0.868. The highest BCUT2D eigenvalue weighted by Gasteiger charge is 2.31. The first-order valence-corrected chi connectivity index (χ1v) is 8.67. The molecule has 1 aliphatic heterocycles. The summed E-state index contributed by atoms with van der Waals surface area (Å²) in [6, 6.07) is 9.45. The zero-order valence-electron chi connectivity index (χ0n) is 14.8. The average Bonchev–Trinajstić information content (AvgIpc) is 2.60. The van der Waals surface area contributed by atoms with Crippen LogP contribution in [0.4, 0.5) is 0 Å². The summed E-state index contributed by atoms with van der Waals surface area (Å²) in [5, 5.41) is 9.06. The molecular formula is C19H28N2O3. The third kappa shape index (κ3) is 4.57. The third-order valence-electron chi connectivity index (χ3n) is 5.21. The summed E-state index contributed by atoms with van der Waals surface area (Å²) in [7, 11) is 1.57. The van der Waals surface area contributed by atoms with E-state index in [9.17, 15) is 9.59 Å². The van der Waals surface area contributed by atoms with Crippen LogP contribution in [0.2, 0.25) is 0 Å². The molecule has 24 heavy (non-hydrogen) atoms. The molecule has 1 aromatic rings. The molecule has 1 amide bonds. The number of carboxylic acids is 1. The molecule has 1 saturated heterocycles. The van der Waals surface area contributed by atoms with Gasteiger partial charge in [0.05, 0.1) is 6.04 Å². The van der Waals surface area contributed by atoms with Crippen molar-refractivity contribution >= 4 is 11.9 Å². The SMILES string of the molecule is CC(C(=O)N(C)C(C)C(=O)O)N1CCC(Cc2ccccc2)CC1. The second-order valence-electron chi connectivity index (χ2n) is 6.81. The Morgan fingerprint density at radius 1 is 1.21 bits per heavy atom. The highest BCUT2D eigenvalue weighted by atomic mass is 16.4. The van der Waals surface area contributed by atoms with E-state index >= 15 is 0 Å². The number of carbonyl (C=O) groups is 2. The molecule has 1 heterocycles. The van der Waals surface area contributed by atoms with Gasteiger partial charge in [-0.3, -0.25) is 9.69 Å². The predicted molar refractivity (Wildman–Crippen MR) is 93.8 cm³/mol. The lowest BCUT2D eigenvalue weighted by Crippen LogP contribution is -2.52. The van der Waals surface area contributed by atoms with Gasteiger partial charge in [-0.15, -0.1) is 0 Å². The molecule has 132 valence electrons. The minimum Gasteiger partial charge on any atom is -0.480 e. The smallest absolute Gasteiger partial charge is 0.326 e. The third-order valence-corrected chi connectivity index (χ3v) is 5.21. The predicted octanol–water partition coefficient (Wildman–Crippen LogP) is 2.26. The van der Waals surface area contributed by atoms with Gasteiger partial charge < -0.3 is 10.0 Å². The Bertz CT molecular complexity index is 553. The zero-order valence-corrected chi connectivity index (χ0v) is 14.8. The van der Waals surface area contributed by atoms with Crippen molar-refractivity contribution in [1.29, 1.82) is 0 Å². The number of amides is 1. The molecule has 0 spiro atoms. The minimum absolute atomic E-state index is 0.119. The maximum atomic E-state index is 12.5. The van der Waals surface area contributed by atoms with Crippen LogP contribution in [0.15, 0.2) is 30.3 Å². The number of likely N-dealkylation sites (N-methyl/N-ethyl adjacent to an activating group) is 1. The number of benzene rings is 1. The fourth-order valence-electron chi connectivity index (χ4n) is 3.30. The summed E-state index contributed by atoms with van der Waals surface area (Å²) >= 11 is 0. The summed E-state index contributed by atoms with van der Waals surface area (Å²) in [6.07, 6.45) is 3.24. The van der Waals surface area contributed by atoms with E-state index < -0.39 is 12.0 Å². The van der Waals surface area contributed by atoms with Crippen molar-refractivity contribution in [2.45, 2.75) is 45.2 Å². The first-order chi connectivity index (χ1) is 11.4. The Kier molecular flexibility index (Phi) is 6.37. The van der Waals surface area contributed by atoms with Crippen LogP contribution in [0.3, 0.4) is 0 Å². The molecule has 0 radical (unpaired) electrons. The number of carbonyl (C=O) groups excluding carboxylic acids is 1. The number of likely N-dealkylation sites (tertiary alicyclic amines) is 1. The van der Waals surface area contributed by atoms with Crippen LogP contribution in [0.25, 0.3) is 0 Å². The van der Waals surface area contributed by atoms with Crippen LogP contribution in [0, 0.1) is 5.92 Å².